The zero-order chi connectivity index (χ0) is 19.4. The topological polar surface area (TPSA) is 78.4 Å². The first-order valence-electron chi connectivity index (χ1n) is 8.81. The van der Waals surface area contributed by atoms with Gasteiger partial charge in [0, 0.05) is 48.0 Å². The number of aromatic nitrogens is 2. The van der Waals surface area contributed by atoms with Crippen molar-refractivity contribution >= 4 is 33.6 Å². The average Bonchev–Trinajstić information content (AvgIpc) is 2.65. The van der Waals surface area contributed by atoms with Crippen LogP contribution in [0.4, 0.5) is 5.82 Å². The van der Waals surface area contributed by atoms with E-state index in [0.29, 0.717) is 31.7 Å². The van der Waals surface area contributed by atoms with Crippen LogP contribution in [0.3, 0.4) is 0 Å². The van der Waals surface area contributed by atoms with Crippen molar-refractivity contribution in [3.8, 4) is 0 Å². The monoisotopic (exact) mass is 431 g/mol. The standard InChI is InChI=1S/C19H22BrN5O2/c1-13-10-17(23-14(2)22-13)24-6-8-25(9-7-24)18(26)12-21-19(27)15-4-3-5-16(20)11-15/h3-5,10-11H,6-9,12H2,1-2H3,(H,21,27). The molecular weight excluding hydrogens is 410 g/mol. The van der Waals surface area contributed by atoms with E-state index in [2.05, 4.69) is 36.1 Å². The van der Waals surface area contributed by atoms with Gasteiger partial charge in [0.1, 0.15) is 11.6 Å². The molecule has 0 saturated carbocycles. The van der Waals surface area contributed by atoms with Gasteiger partial charge < -0.3 is 15.1 Å². The zero-order valence-corrected chi connectivity index (χ0v) is 17.0. The molecule has 27 heavy (non-hydrogen) atoms. The number of nitrogens with one attached hydrogen (secondary N) is 1. The van der Waals surface area contributed by atoms with Gasteiger partial charge >= 0.3 is 0 Å². The van der Waals surface area contributed by atoms with Crippen LogP contribution in [0.25, 0.3) is 0 Å². The Morgan fingerprint density at radius 2 is 1.85 bits per heavy atom. The van der Waals surface area contributed by atoms with Crippen LogP contribution in [0.2, 0.25) is 0 Å². The van der Waals surface area contributed by atoms with Gasteiger partial charge in [-0.2, -0.15) is 0 Å². The summed E-state index contributed by atoms with van der Waals surface area (Å²) in [6, 6.07) is 9.04. The molecule has 0 atom stereocenters. The molecular formula is C19H22BrN5O2. The number of aryl methyl sites for hydroxylation is 2. The van der Waals surface area contributed by atoms with Crippen molar-refractivity contribution in [1.29, 1.82) is 0 Å². The number of benzene rings is 1. The number of rotatable bonds is 4. The van der Waals surface area contributed by atoms with Gasteiger partial charge in [-0.3, -0.25) is 9.59 Å². The number of hydrogen-bond acceptors (Lipinski definition) is 5. The molecule has 0 radical (unpaired) electrons. The summed E-state index contributed by atoms with van der Waals surface area (Å²) in [5, 5.41) is 2.70. The van der Waals surface area contributed by atoms with Gasteiger partial charge in [-0.25, -0.2) is 9.97 Å². The lowest BCUT2D eigenvalue weighted by atomic mass is 10.2. The van der Waals surface area contributed by atoms with Crippen molar-refractivity contribution in [2.24, 2.45) is 0 Å². The molecule has 3 rings (SSSR count). The molecule has 1 aliphatic rings. The maximum atomic E-state index is 12.4. The molecule has 1 aliphatic heterocycles. The number of piperazine rings is 1. The van der Waals surface area contributed by atoms with E-state index in [1.165, 1.54) is 0 Å². The van der Waals surface area contributed by atoms with E-state index in [1.807, 2.05) is 26.0 Å². The van der Waals surface area contributed by atoms with Gasteiger partial charge in [0.2, 0.25) is 5.91 Å². The molecule has 8 heteroatoms. The minimum absolute atomic E-state index is 0.00291. The van der Waals surface area contributed by atoms with Gasteiger partial charge in [0.25, 0.3) is 5.91 Å². The van der Waals surface area contributed by atoms with Crippen molar-refractivity contribution in [2.75, 3.05) is 37.6 Å². The van der Waals surface area contributed by atoms with Crippen LogP contribution in [0.15, 0.2) is 34.8 Å². The quantitative estimate of drug-likeness (QED) is 0.799. The van der Waals surface area contributed by atoms with Crippen molar-refractivity contribution in [2.45, 2.75) is 13.8 Å². The number of amides is 2. The van der Waals surface area contributed by atoms with Gasteiger partial charge in [0.05, 0.1) is 6.54 Å². The van der Waals surface area contributed by atoms with E-state index in [1.54, 1.807) is 23.1 Å². The highest BCUT2D eigenvalue weighted by molar-refractivity contribution is 9.10. The Bertz CT molecular complexity index is 829. The number of carbonyl (C=O) groups is 2. The predicted molar refractivity (Wildman–Crippen MR) is 107 cm³/mol. The smallest absolute Gasteiger partial charge is 0.251 e. The molecule has 2 amide bonds. The van der Waals surface area contributed by atoms with E-state index >= 15 is 0 Å². The number of hydrogen-bond donors (Lipinski definition) is 1. The minimum Gasteiger partial charge on any atom is -0.353 e. The van der Waals surface area contributed by atoms with Crippen LogP contribution in [-0.2, 0) is 4.79 Å². The molecule has 7 nitrogen and oxygen atoms in total. The first-order chi connectivity index (χ1) is 12.9. The van der Waals surface area contributed by atoms with E-state index in [9.17, 15) is 9.59 Å². The second kappa shape index (κ2) is 8.47. The Balaban J connectivity index is 1.50. The molecule has 1 N–H and O–H groups in total. The summed E-state index contributed by atoms with van der Waals surface area (Å²) < 4.78 is 0.827. The number of anilines is 1. The fraction of sp³-hybridized carbons (Fsp3) is 0.368. The normalized spacial score (nSPS) is 14.2. The molecule has 2 aromatic rings. The molecule has 1 aromatic heterocycles. The molecule has 0 bridgehead atoms. The molecule has 0 spiro atoms. The Morgan fingerprint density at radius 1 is 1.11 bits per heavy atom. The van der Waals surface area contributed by atoms with E-state index < -0.39 is 0 Å². The van der Waals surface area contributed by atoms with Gasteiger partial charge in [0.15, 0.2) is 0 Å². The summed E-state index contributed by atoms with van der Waals surface area (Å²) in [6.07, 6.45) is 0. The third-order valence-electron chi connectivity index (χ3n) is 4.40. The Kier molecular flexibility index (Phi) is 6.05. The highest BCUT2D eigenvalue weighted by Crippen LogP contribution is 2.15. The number of carbonyl (C=O) groups excluding carboxylic acids is 2. The fourth-order valence-corrected chi connectivity index (χ4v) is 3.44. The van der Waals surface area contributed by atoms with Crippen molar-refractivity contribution in [3.05, 3.63) is 51.9 Å². The largest absolute Gasteiger partial charge is 0.353 e. The van der Waals surface area contributed by atoms with Gasteiger partial charge in [-0.1, -0.05) is 22.0 Å². The molecule has 1 saturated heterocycles. The summed E-state index contributed by atoms with van der Waals surface area (Å²) in [4.78, 5) is 37.3. The van der Waals surface area contributed by atoms with E-state index in [-0.39, 0.29) is 18.4 Å². The van der Waals surface area contributed by atoms with Gasteiger partial charge in [-0.05, 0) is 32.0 Å². The maximum absolute atomic E-state index is 12.4. The third-order valence-corrected chi connectivity index (χ3v) is 4.89. The summed E-state index contributed by atoms with van der Waals surface area (Å²) in [7, 11) is 0. The summed E-state index contributed by atoms with van der Waals surface area (Å²) in [5.74, 6) is 1.32. The lowest BCUT2D eigenvalue weighted by Gasteiger charge is -2.35. The van der Waals surface area contributed by atoms with Crippen LogP contribution in [0, 0.1) is 13.8 Å². The Hall–Kier alpha value is -2.48. The summed E-state index contributed by atoms with van der Waals surface area (Å²) >= 11 is 3.34. The van der Waals surface area contributed by atoms with E-state index in [0.717, 1.165) is 21.8 Å². The highest BCUT2D eigenvalue weighted by Gasteiger charge is 2.22. The van der Waals surface area contributed by atoms with Crippen molar-refractivity contribution < 1.29 is 9.59 Å². The molecule has 2 heterocycles. The SMILES string of the molecule is Cc1cc(N2CCN(C(=O)CNC(=O)c3cccc(Br)c3)CC2)nc(C)n1. The second-order valence-electron chi connectivity index (χ2n) is 6.48. The van der Waals surface area contributed by atoms with Crippen LogP contribution in [-0.4, -0.2) is 59.4 Å². The second-order valence-corrected chi connectivity index (χ2v) is 7.39. The van der Waals surface area contributed by atoms with Crippen LogP contribution >= 0.6 is 15.9 Å². The summed E-state index contributed by atoms with van der Waals surface area (Å²) in [6.45, 7) is 6.46. The molecule has 0 unspecified atom stereocenters. The average molecular weight is 432 g/mol. The zero-order valence-electron chi connectivity index (χ0n) is 15.4. The first kappa shape index (κ1) is 19.3. The first-order valence-corrected chi connectivity index (χ1v) is 9.60. The van der Waals surface area contributed by atoms with Crippen LogP contribution in [0.1, 0.15) is 21.9 Å². The Morgan fingerprint density at radius 3 is 2.52 bits per heavy atom. The van der Waals surface area contributed by atoms with Crippen molar-refractivity contribution in [3.63, 3.8) is 0 Å². The van der Waals surface area contributed by atoms with Crippen LogP contribution in [0.5, 0.6) is 0 Å². The fourth-order valence-electron chi connectivity index (χ4n) is 3.04. The Labute approximate surface area is 166 Å². The molecule has 0 aliphatic carbocycles. The lowest BCUT2D eigenvalue weighted by Crippen LogP contribution is -2.51. The predicted octanol–water partition coefficient (Wildman–Crippen LogP) is 1.93. The lowest BCUT2D eigenvalue weighted by molar-refractivity contribution is -0.130. The maximum Gasteiger partial charge on any atom is 0.251 e. The molecule has 1 fully saturated rings. The summed E-state index contributed by atoms with van der Waals surface area (Å²) in [5.41, 5.74) is 1.46. The molecule has 142 valence electrons. The minimum atomic E-state index is -0.254. The number of nitrogens with zero attached hydrogens (tertiary/aromatic N) is 4. The van der Waals surface area contributed by atoms with Crippen molar-refractivity contribution in [1.82, 2.24) is 20.2 Å². The third kappa shape index (κ3) is 5.03. The van der Waals surface area contributed by atoms with Gasteiger partial charge in [-0.15, -0.1) is 0 Å². The van der Waals surface area contributed by atoms with Crippen LogP contribution < -0.4 is 10.2 Å². The molecule has 1 aromatic carbocycles. The highest BCUT2D eigenvalue weighted by atomic mass is 79.9. The van der Waals surface area contributed by atoms with E-state index in [4.69, 9.17) is 0 Å². The number of halogens is 1.